The fourth-order valence-corrected chi connectivity index (χ4v) is 3.00. The van der Waals surface area contributed by atoms with E-state index >= 15 is 0 Å². The van der Waals surface area contributed by atoms with Crippen LogP contribution in [0, 0.1) is 13.8 Å². The predicted octanol–water partition coefficient (Wildman–Crippen LogP) is 2.43. The minimum Gasteiger partial charge on any atom is -0.410 e. The van der Waals surface area contributed by atoms with Crippen molar-refractivity contribution in [1.29, 1.82) is 0 Å². The number of hydrogen-bond donors (Lipinski definition) is 1. The van der Waals surface area contributed by atoms with E-state index in [0.29, 0.717) is 11.1 Å². The van der Waals surface area contributed by atoms with Gasteiger partial charge in [0.05, 0.1) is 16.5 Å². The van der Waals surface area contributed by atoms with Gasteiger partial charge in [-0.3, -0.25) is 4.79 Å². The van der Waals surface area contributed by atoms with Crippen molar-refractivity contribution in [2.75, 3.05) is 5.75 Å². The van der Waals surface area contributed by atoms with Gasteiger partial charge in [-0.15, -0.1) is 21.5 Å². The van der Waals surface area contributed by atoms with E-state index in [-0.39, 0.29) is 17.7 Å². The minimum absolute atomic E-state index is 0.0467. The fourth-order valence-electron chi connectivity index (χ4n) is 1.58. The van der Waals surface area contributed by atoms with Crippen molar-refractivity contribution < 1.29 is 9.21 Å². The zero-order valence-corrected chi connectivity index (χ0v) is 13.4. The molecule has 1 N–H and O–H groups in total. The molecule has 8 heteroatoms. The SMILES string of the molecule is Cc1nc(C)c(-c2nnc(SCC(=O)NC(C)C)o2)s1. The van der Waals surface area contributed by atoms with Crippen molar-refractivity contribution in [2.24, 2.45) is 0 Å². The molecule has 2 aromatic heterocycles. The van der Waals surface area contributed by atoms with Gasteiger partial charge in [-0.05, 0) is 27.7 Å². The highest BCUT2D eigenvalue weighted by Crippen LogP contribution is 2.30. The number of amides is 1. The fraction of sp³-hybridized carbons (Fsp3) is 0.500. The summed E-state index contributed by atoms with van der Waals surface area (Å²) in [5.74, 6) is 0.676. The van der Waals surface area contributed by atoms with Crippen LogP contribution in [0.3, 0.4) is 0 Å². The second-order valence-electron chi connectivity index (χ2n) is 4.53. The maximum Gasteiger partial charge on any atom is 0.277 e. The molecule has 108 valence electrons. The van der Waals surface area contributed by atoms with E-state index in [9.17, 15) is 4.79 Å². The molecule has 2 heterocycles. The molecule has 0 saturated carbocycles. The van der Waals surface area contributed by atoms with Crippen molar-refractivity contribution in [3.05, 3.63) is 10.7 Å². The highest BCUT2D eigenvalue weighted by Gasteiger charge is 2.16. The number of aromatic nitrogens is 3. The molecule has 0 unspecified atom stereocenters. The first-order valence-corrected chi connectivity index (χ1v) is 7.96. The Morgan fingerprint density at radius 2 is 2.15 bits per heavy atom. The molecular formula is C12H16N4O2S2. The molecule has 0 atom stereocenters. The van der Waals surface area contributed by atoms with Gasteiger partial charge in [-0.2, -0.15) is 0 Å². The summed E-state index contributed by atoms with van der Waals surface area (Å²) in [5.41, 5.74) is 0.880. The van der Waals surface area contributed by atoms with E-state index in [1.165, 1.54) is 23.1 Å². The third-order valence-corrected chi connectivity index (χ3v) is 4.16. The number of nitrogens with one attached hydrogen (secondary N) is 1. The number of thioether (sulfide) groups is 1. The van der Waals surface area contributed by atoms with Gasteiger partial charge in [0.15, 0.2) is 0 Å². The summed E-state index contributed by atoms with van der Waals surface area (Å²) < 4.78 is 5.55. The van der Waals surface area contributed by atoms with Crippen LogP contribution in [0.15, 0.2) is 9.64 Å². The number of rotatable bonds is 5. The standard InChI is InChI=1S/C12H16N4O2S2/c1-6(2)13-9(17)5-19-12-16-15-11(18-12)10-7(3)14-8(4)20-10/h6H,5H2,1-4H3,(H,13,17). The second kappa shape index (κ2) is 6.36. The van der Waals surface area contributed by atoms with Gasteiger partial charge in [0.25, 0.3) is 11.1 Å². The molecule has 0 fully saturated rings. The number of carbonyl (C=O) groups excluding carboxylic acids is 1. The second-order valence-corrected chi connectivity index (χ2v) is 6.66. The summed E-state index contributed by atoms with van der Waals surface area (Å²) in [6, 6.07) is 0.129. The lowest BCUT2D eigenvalue weighted by Gasteiger charge is -2.06. The van der Waals surface area contributed by atoms with E-state index in [1.807, 2.05) is 27.7 Å². The molecule has 0 radical (unpaired) electrons. The molecule has 1 amide bonds. The molecule has 0 aliphatic carbocycles. The van der Waals surface area contributed by atoms with Crippen molar-refractivity contribution >= 4 is 29.0 Å². The van der Waals surface area contributed by atoms with Gasteiger partial charge in [-0.25, -0.2) is 4.98 Å². The van der Waals surface area contributed by atoms with Crippen LogP contribution in [0.1, 0.15) is 24.5 Å². The van der Waals surface area contributed by atoms with Crippen molar-refractivity contribution in [1.82, 2.24) is 20.5 Å². The van der Waals surface area contributed by atoms with Gasteiger partial charge in [0.1, 0.15) is 4.88 Å². The zero-order chi connectivity index (χ0) is 14.7. The molecule has 0 saturated heterocycles. The van der Waals surface area contributed by atoms with Gasteiger partial charge >= 0.3 is 0 Å². The maximum atomic E-state index is 11.5. The Morgan fingerprint density at radius 1 is 1.40 bits per heavy atom. The normalized spacial score (nSPS) is 11.1. The summed E-state index contributed by atoms with van der Waals surface area (Å²) in [4.78, 5) is 16.7. The Labute approximate surface area is 125 Å². The van der Waals surface area contributed by atoms with Crippen LogP contribution >= 0.6 is 23.1 Å². The number of thiazole rings is 1. The Balaban J connectivity index is 1.99. The first kappa shape index (κ1) is 15.0. The molecule has 0 aliphatic heterocycles. The van der Waals surface area contributed by atoms with Crippen LogP contribution < -0.4 is 5.32 Å². The zero-order valence-electron chi connectivity index (χ0n) is 11.8. The van der Waals surface area contributed by atoms with E-state index in [2.05, 4.69) is 20.5 Å². The van der Waals surface area contributed by atoms with Crippen LogP contribution in [-0.4, -0.2) is 32.9 Å². The molecule has 0 bridgehead atoms. The summed E-state index contributed by atoms with van der Waals surface area (Å²) in [5, 5.41) is 12.1. The van der Waals surface area contributed by atoms with E-state index in [1.54, 1.807) is 0 Å². The molecule has 2 aromatic rings. The van der Waals surface area contributed by atoms with Crippen molar-refractivity contribution in [2.45, 2.75) is 39.0 Å². The maximum absolute atomic E-state index is 11.5. The summed E-state index contributed by atoms with van der Waals surface area (Å²) >= 11 is 2.75. The Bertz CT molecular complexity index is 606. The molecule has 0 spiro atoms. The topological polar surface area (TPSA) is 80.9 Å². The molecule has 2 rings (SSSR count). The van der Waals surface area contributed by atoms with Gasteiger partial charge in [0, 0.05) is 6.04 Å². The van der Waals surface area contributed by atoms with Crippen LogP contribution in [-0.2, 0) is 4.79 Å². The van der Waals surface area contributed by atoms with Gasteiger partial charge in [-0.1, -0.05) is 11.8 Å². The Hall–Kier alpha value is -1.41. The highest BCUT2D eigenvalue weighted by molar-refractivity contribution is 7.99. The predicted molar refractivity (Wildman–Crippen MR) is 78.9 cm³/mol. The van der Waals surface area contributed by atoms with Gasteiger partial charge in [0.2, 0.25) is 5.91 Å². The monoisotopic (exact) mass is 312 g/mol. The number of aryl methyl sites for hydroxylation is 2. The van der Waals surface area contributed by atoms with Crippen LogP contribution in [0.4, 0.5) is 0 Å². The first-order chi connectivity index (χ1) is 9.45. The lowest BCUT2D eigenvalue weighted by molar-refractivity contribution is -0.119. The molecule has 6 nitrogen and oxygen atoms in total. The lowest BCUT2D eigenvalue weighted by Crippen LogP contribution is -2.31. The Morgan fingerprint density at radius 3 is 2.75 bits per heavy atom. The molecule has 0 aliphatic rings. The van der Waals surface area contributed by atoms with Gasteiger partial charge < -0.3 is 9.73 Å². The van der Waals surface area contributed by atoms with E-state index < -0.39 is 0 Å². The van der Waals surface area contributed by atoms with E-state index in [4.69, 9.17) is 4.42 Å². The largest absolute Gasteiger partial charge is 0.410 e. The van der Waals surface area contributed by atoms with Crippen LogP contribution in [0.5, 0.6) is 0 Å². The van der Waals surface area contributed by atoms with Crippen LogP contribution in [0.25, 0.3) is 10.8 Å². The Kier molecular flexibility index (Phi) is 4.77. The minimum atomic E-state index is -0.0467. The lowest BCUT2D eigenvalue weighted by atomic mass is 10.4. The summed E-state index contributed by atoms with van der Waals surface area (Å²) in [7, 11) is 0. The van der Waals surface area contributed by atoms with Crippen molar-refractivity contribution in [3.63, 3.8) is 0 Å². The number of hydrogen-bond acceptors (Lipinski definition) is 7. The average Bonchev–Trinajstić information content (AvgIpc) is 2.92. The third kappa shape index (κ3) is 3.80. The summed E-state index contributed by atoms with van der Waals surface area (Å²) in [6.07, 6.45) is 0. The smallest absolute Gasteiger partial charge is 0.277 e. The first-order valence-electron chi connectivity index (χ1n) is 6.15. The quantitative estimate of drug-likeness (QED) is 0.854. The molecular weight excluding hydrogens is 296 g/mol. The molecule has 20 heavy (non-hydrogen) atoms. The average molecular weight is 312 g/mol. The highest BCUT2D eigenvalue weighted by atomic mass is 32.2. The van der Waals surface area contributed by atoms with E-state index in [0.717, 1.165) is 15.6 Å². The summed E-state index contributed by atoms with van der Waals surface area (Å²) in [6.45, 7) is 7.68. The number of carbonyl (C=O) groups is 1. The third-order valence-electron chi connectivity index (χ3n) is 2.28. The van der Waals surface area contributed by atoms with Crippen LogP contribution in [0.2, 0.25) is 0 Å². The number of nitrogens with zero attached hydrogens (tertiary/aromatic N) is 3. The molecule has 0 aromatic carbocycles. The van der Waals surface area contributed by atoms with Crippen molar-refractivity contribution in [3.8, 4) is 10.8 Å².